The molecular weight excluding hydrogens is 258 g/mol. The van der Waals surface area contributed by atoms with Gasteiger partial charge in [0, 0.05) is 5.56 Å². The van der Waals surface area contributed by atoms with Crippen LogP contribution in [0, 0.1) is 0 Å². The van der Waals surface area contributed by atoms with Gasteiger partial charge in [0.2, 0.25) is 0 Å². The van der Waals surface area contributed by atoms with Crippen LogP contribution in [0.4, 0.5) is 0 Å². The lowest BCUT2D eigenvalue weighted by Crippen LogP contribution is -1.88. The molecule has 0 atom stereocenters. The predicted molar refractivity (Wildman–Crippen MR) is 88.4 cm³/mol. The number of hydrogen-bond donors (Lipinski definition) is 1. The van der Waals surface area contributed by atoms with E-state index in [9.17, 15) is 5.11 Å². The van der Waals surface area contributed by atoms with Crippen LogP contribution in [-0.2, 0) is 6.42 Å². The topological polar surface area (TPSA) is 33.1 Å². The molecular formula is C19H25NO. The summed E-state index contributed by atoms with van der Waals surface area (Å²) in [4.78, 5) is 4.23. The molecule has 0 spiro atoms. The number of benzene rings is 1. The third-order valence-corrected chi connectivity index (χ3v) is 3.82. The summed E-state index contributed by atoms with van der Waals surface area (Å²) in [7, 11) is 0. The second-order valence-electron chi connectivity index (χ2n) is 5.62. The van der Waals surface area contributed by atoms with Gasteiger partial charge in [0.05, 0.1) is 11.9 Å². The van der Waals surface area contributed by atoms with Gasteiger partial charge in [-0.1, -0.05) is 63.3 Å². The van der Waals surface area contributed by atoms with E-state index in [-0.39, 0.29) is 5.75 Å². The zero-order chi connectivity index (χ0) is 14.9. The van der Waals surface area contributed by atoms with Gasteiger partial charge in [0.15, 0.2) is 0 Å². The van der Waals surface area contributed by atoms with Crippen LogP contribution >= 0.6 is 0 Å². The van der Waals surface area contributed by atoms with Gasteiger partial charge in [-0.25, -0.2) is 0 Å². The number of pyridine rings is 1. The van der Waals surface area contributed by atoms with Crippen molar-refractivity contribution in [3.63, 3.8) is 0 Å². The molecule has 0 fully saturated rings. The second kappa shape index (κ2) is 8.46. The van der Waals surface area contributed by atoms with Crippen LogP contribution < -0.4 is 0 Å². The molecule has 1 N–H and O–H groups in total. The van der Waals surface area contributed by atoms with Gasteiger partial charge in [-0.15, -0.1) is 0 Å². The molecule has 0 aliphatic heterocycles. The van der Waals surface area contributed by atoms with Gasteiger partial charge in [-0.3, -0.25) is 4.98 Å². The Morgan fingerprint density at radius 3 is 2.24 bits per heavy atom. The first kappa shape index (κ1) is 15.6. The van der Waals surface area contributed by atoms with E-state index >= 15 is 0 Å². The first-order valence-electron chi connectivity index (χ1n) is 8.04. The Balaban J connectivity index is 1.80. The highest BCUT2D eigenvalue weighted by atomic mass is 16.3. The Labute approximate surface area is 127 Å². The number of unbranched alkanes of at least 4 members (excludes halogenated alkanes) is 5. The van der Waals surface area contributed by atoms with Gasteiger partial charge in [-0.2, -0.15) is 0 Å². The van der Waals surface area contributed by atoms with Crippen molar-refractivity contribution >= 4 is 0 Å². The first-order valence-corrected chi connectivity index (χ1v) is 8.04. The fourth-order valence-electron chi connectivity index (χ4n) is 2.51. The van der Waals surface area contributed by atoms with E-state index in [0.29, 0.717) is 0 Å². The third-order valence-electron chi connectivity index (χ3n) is 3.82. The van der Waals surface area contributed by atoms with E-state index in [1.54, 1.807) is 6.07 Å². The van der Waals surface area contributed by atoms with Gasteiger partial charge in [0.25, 0.3) is 0 Å². The molecule has 2 heteroatoms. The van der Waals surface area contributed by atoms with Crippen LogP contribution in [0.1, 0.15) is 51.0 Å². The fourth-order valence-corrected chi connectivity index (χ4v) is 2.51. The van der Waals surface area contributed by atoms with Gasteiger partial charge in [-0.05, 0) is 30.5 Å². The molecule has 0 aliphatic carbocycles. The van der Waals surface area contributed by atoms with Crippen molar-refractivity contribution in [1.29, 1.82) is 0 Å². The van der Waals surface area contributed by atoms with Crippen molar-refractivity contribution in [1.82, 2.24) is 4.98 Å². The molecule has 0 radical (unpaired) electrons. The van der Waals surface area contributed by atoms with Crippen LogP contribution in [0.2, 0.25) is 0 Å². The van der Waals surface area contributed by atoms with Crippen LogP contribution in [0.3, 0.4) is 0 Å². The number of nitrogens with zero attached hydrogens (tertiary/aromatic N) is 1. The van der Waals surface area contributed by atoms with Crippen molar-refractivity contribution in [3.05, 3.63) is 48.2 Å². The maximum absolute atomic E-state index is 9.26. The predicted octanol–water partition coefficient (Wildman–Crippen LogP) is 5.36. The quantitative estimate of drug-likeness (QED) is 0.662. The lowest BCUT2D eigenvalue weighted by atomic mass is 10.0. The van der Waals surface area contributed by atoms with Crippen LogP contribution in [0.25, 0.3) is 11.3 Å². The van der Waals surface area contributed by atoms with Crippen molar-refractivity contribution in [2.45, 2.75) is 51.9 Å². The Morgan fingerprint density at radius 1 is 0.857 bits per heavy atom. The lowest BCUT2D eigenvalue weighted by Gasteiger charge is -2.05. The highest BCUT2D eigenvalue weighted by Gasteiger charge is 2.00. The molecule has 1 heterocycles. The molecule has 0 unspecified atom stereocenters. The van der Waals surface area contributed by atoms with E-state index in [1.807, 2.05) is 6.07 Å². The van der Waals surface area contributed by atoms with Crippen molar-refractivity contribution in [2.75, 3.05) is 0 Å². The van der Waals surface area contributed by atoms with Gasteiger partial charge < -0.3 is 5.11 Å². The van der Waals surface area contributed by atoms with E-state index in [0.717, 1.165) is 17.7 Å². The number of rotatable bonds is 8. The lowest BCUT2D eigenvalue weighted by molar-refractivity contribution is 0.473. The Morgan fingerprint density at radius 2 is 1.57 bits per heavy atom. The average Bonchev–Trinajstić information content (AvgIpc) is 2.52. The molecule has 0 saturated heterocycles. The van der Waals surface area contributed by atoms with Crippen molar-refractivity contribution < 1.29 is 5.11 Å². The standard InChI is InChI=1S/C19H25NO/c1-2-3-4-5-6-7-8-16-9-11-17(12-10-16)19-14-13-18(21)15-20-19/h9-15,21H,2-8H2,1H3. The molecule has 2 nitrogen and oxygen atoms in total. The molecule has 1 aromatic heterocycles. The normalized spacial score (nSPS) is 10.7. The number of aryl methyl sites for hydroxylation is 1. The zero-order valence-electron chi connectivity index (χ0n) is 12.9. The minimum absolute atomic E-state index is 0.207. The summed E-state index contributed by atoms with van der Waals surface area (Å²) in [6.45, 7) is 2.25. The maximum Gasteiger partial charge on any atom is 0.133 e. The zero-order valence-corrected chi connectivity index (χ0v) is 12.9. The monoisotopic (exact) mass is 283 g/mol. The summed E-state index contributed by atoms with van der Waals surface area (Å²) >= 11 is 0. The minimum Gasteiger partial charge on any atom is -0.506 e. The Kier molecular flexibility index (Phi) is 6.26. The molecule has 0 amide bonds. The van der Waals surface area contributed by atoms with Crippen molar-refractivity contribution in [2.24, 2.45) is 0 Å². The summed E-state index contributed by atoms with van der Waals surface area (Å²) in [5.41, 5.74) is 3.40. The fraction of sp³-hybridized carbons (Fsp3) is 0.421. The minimum atomic E-state index is 0.207. The van der Waals surface area contributed by atoms with E-state index in [4.69, 9.17) is 0 Å². The van der Waals surface area contributed by atoms with Crippen molar-refractivity contribution in [3.8, 4) is 17.0 Å². The maximum atomic E-state index is 9.26. The van der Waals surface area contributed by atoms with Crippen LogP contribution in [0.5, 0.6) is 5.75 Å². The molecule has 0 bridgehead atoms. The highest BCUT2D eigenvalue weighted by molar-refractivity contribution is 5.59. The molecule has 0 saturated carbocycles. The van der Waals surface area contributed by atoms with Gasteiger partial charge >= 0.3 is 0 Å². The molecule has 21 heavy (non-hydrogen) atoms. The van der Waals surface area contributed by atoms with Crippen LogP contribution in [0.15, 0.2) is 42.6 Å². The molecule has 112 valence electrons. The average molecular weight is 283 g/mol. The second-order valence-corrected chi connectivity index (χ2v) is 5.62. The number of aromatic nitrogens is 1. The molecule has 1 aromatic carbocycles. The summed E-state index contributed by atoms with van der Waals surface area (Å²) < 4.78 is 0. The molecule has 2 aromatic rings. The summed E-state index contributed by atoms with van der Waals surface area (Å²) in [6, 6.07) is 12.1. The first-order chi connectivity index (χ1) is 10.3. The van der Waals surface area contributed by atoms with Crippen LogP contribution in [-0.4, -0.2) is 10.1 Å². The van der Waals surface area contributed by atoms with Gasteiger partial charge in [0.1, 0.15) is 5.75 Å². The Bertz CT molecular complexity index is 516. The largest absolute Gasteiger partial charge is 0.506 e. The molecule has 0 aliphatic rings. The summed E-state index contributed by atoms with van der Waals surface area (Å²) in [5, 5.41) is 9.26. The number of hydrogen-bond acceptors (Lipinski definition) is 2. The smallest absolute Gasteiger partial charge is 0.133 e. The highest BCUT2D eigenvalue weighted by Crippen LogP contribution is 2.20. The number of aromatic hydroxyl groups is 1. The van der Waals surface area contributed by atoms with E-state index in [1.165, 1.54) is 50.3 Å². The summed E-state index contributed by atoms with van der Waals surface area (Å²) in [5.74, 6) is 0.207. The molecule has 2 rings (SSSR count). The Hall–Kier alpha value is -1.83. The summed E-state index contributed by atoms with van der Waals surface area (Å²) in [6.07, 6.45) is 10.7. The van der Waals surface area contributed by atoms with E-state index in [2.05, 4.69) is 36.2 Å². The van der Waals surface area contributed by atoms with E-state index < -0.39 is 0 Å². The SMILES string of the molecule is CCCCCCCCc1ccc(-c2ccc(O)cn2)cc1. The third kappa shape index (κ3) is 5.22.